The Morgan fingerprint density at radius 3 is 2.36 bits per heavy atom. The van der Waals surface area contributed by atoms with Gasteiger partial charge in [0, 0.05) is 24.7 Å². The van der Waals surface area contributed by atoms with E-state index in [1.54, 1.807) is 24.3 Å². The van der Waals surface area contributed by atoms with E-state index in [0.717, 1.165) is 0 Å². The number of hydrogen-bond donors (Lipinski definition) is 1. The zero-order chi connectivity index (χ0) is 19.7. The summed E-state index contributed by atoms with van der Waals surface area (Å²) in [6.07, 6.45) is -0.571. The number of Topliss-reactive ketones (excluding diaryl/α,β-unsaturated/α-hetero) is 1. The Bertz CT molecular complexity index is 1050. The third-order valence-electron chi connectivity index (χ3n) is 4.48. The van der Waals surface area contributed by atoms with Gasteiger partial charge in [0.15, 0.2) is 17.3 Å². The molecule has 0 amide bonds. The Hall–Kier alpha value is -3.58. The highest BCUT2D eigenvalue weighted by Gasteiger charge is 2.36. The zero-order valence-electron chi connectivity index (χ0n) is 15.0. The van der Waals surface area contributed by atoms with Gasteiger partial charge in [-0.25, -0.2) is 14.8 Å². The summed E-state index contributed by atoms with van der Waals surface area (Å²) in [5.41, 5.74) is 0.730. The molecule has 1 aliphatic carbocycles. The molecule has 2 aromatic carbocycles. The number of carboxylic acids is 1. The second kappa shape index (κ2) is 7.21. The summed E-state index contributed by atoms with van der Waals surface area (Å²) in [5.74, 6) is 0.0173. The van der Waals surface area contributed by atoms with E-state index in [1.807, 2.05) is 30.3 Å². The van der Waals surface area contributed by atoms with E-state index < -0.39 is 12.1 Å². The van der Waals surface area contributed by atoms with E-state index in [4.69, 9.17) is 9.47 Å². The first-order valence-corrected chi connectivity index (χ1v) is 8.61. The number of nitrogens with zero attached hydrogens (tertiary/aromatic N) is 2. The maximum atomic E-state index is 12.3. The molecule has 0 fully saturated rings. The summed E-state index contributed by atoms with van der Waals surface area (Å²) in [6, 6.07) is 16.2. The van der Waals surface area contributed by atoms with Gasteiger partial charge in [0.05, 0.1) is 6.10 Å². The van der Waals surface area contributed by atoms with Crippen LogP contribution in [0.15, 0.2) is 54.6 Å². The summed E-state index contributed by atoms with van der Waals surface area (Å²) < 4.78 is 11.0. The zero-order valence-corrected chi connectivity index (χ0v) is 15.0. The maximum Gasteiger partial charge on any atom is 0.355 e. The Labute approximate surface area is 160 Å². The number of carbonyl (C=O) groups excluding carboxylic acids is 1. The second-order valence-corrected chi connectivity index (χ2v) is 6.25. The van der Waals surface area contributed by atoms with E-state index in [9.17, 15) is 14.7 Å². The van der Waals surface area contributed by atoms with Gasteiger partial charge in [-0.1, -0.05) is 18.2 Å². The summed E-state index contributed by atoms with van der Waals surface area (Å²) in [6.45, 7) is 0. The standard InChI is InChI=1S/C21H16N2O5/c1-27-16-11-15(24)18-17(16)19(21(25)26)23-20(22-18)12-7-9-14(10-8-12)28-13-5-3-2-4-6-13/h2-10,16H,11H2,1H3,(H,25,26). The molecule has 1 N–H and O–H groups in total. The number of methoxy groups -OCH3 is 1. The van der Waals surface area contributed by atoms with Crippen molar-refractivity contribution in [1.29, 1.82) is 0 Å². The lowest BCUT2D eigenvalue weighted by molar-refractivity contribution is 0.0664. The van der Waals surface area contributed by atoms with Crippen LogP contribution < -0.4 is 4.74 Å². The molecular weight excluding hydrogens is 360 g/mol. The monoisotopic (exact) mass is 376 g/mol. The molecule has 0 aliphatic heterocycles. The van der Waals surface area contributed by atoms with Crippen molar-refractivity contribution < 1.29 is 24.2 Å². The van der Waals surface area contributed by atoms with Crippen LogP contribution in [0.2, 0.25) is 0 Å². The van der Waals surface area contributed by atoms with Crippen LogP contribution in [-0.2, 0) is 4.74 Å². The van der Waals surface area contributed by atoms with E-state index in [1.165, 1.54) is 7.11 Å². The van der Waals surface area contributed by atoms with Crippen LogP contribution in [0.1, 0.15) is 39.1 Å². The number of rotatable bonds is 5. The molecule has 0 radical (unpaired) electrons. The number of carbonyl (C=O) groups is 2. The van der Waals surface area contributed by atoms with E-state index in [2.05, 4.69) is 9.97 Å². The van der Waals surface area contributed by atoms with E-state index >= 15 is 0 Å². The minimum atomic E-state index is -1.22. The van der Waals surface area contributed by atoms with Crippen molar-refractivity contribution in [3.05, 3.63) is 71.5 Å². The molecule has 1 unspecified atom stereocenters. The molecule has 1 atom stereocenters. The normalized spacial score (nSPS) is 15.3. The van der Waals surface area contributed by atoms with Crippen molar-refractivity contribution >= 4 is 11.8 Å². The molecule has 0 bridgehead atoms. The van der Waals surface area contributed by atoms with Gasteiger partial charge >= 0.3 is 5.97 Å². The molecule has 1 aliphatic rings. The predicted molar refractivity (Wildman–Crippen MR) is 99.6 cm³/mol. The Morgan fingerprint density at radius 2 is 1.71 bits per heavy atom. The highest BCUT2D eigenvalue weighted by molar-refractivity contribution is 6.03. The van der Waals surface area contributed by atoms with Crippen molar-refractivity contribution in [3.8, 4) is 22.9 Å². The molecule has 1 heterocycles. The number of ketones is 1. The number of aromatic nitrogens is 2. The number of para-hydroxylation sites is 1. The van der Waals surface area contributed by atoms with Gasteiger partial charge in [-0.2, -0.15) is 0 Å². The minimum Gasteiger partial charge on any atom is -0.476 e. The summed E-state index contributed by atoms with van der Waals surface area (Å²) >= 11 is 0. The van der Waals surface area contributed by atoms with Gasteiger partial charge in [0.1, 0.15) is 17.2 Å². The molecule has 0 saturated carbocycles. The van der Waals surface area contributed by atoms with Crippen molar-refractivity contribution in [1.82, 2.24) is 9.97 Å². The summed E-state index contributed by atoms with van der Waals surface area (Å²) in [7, 11) is 1.43. The third kappa shape index (κ3) is 3.23. The van der Waals surface area contributed by atoms with E-state index in [-0.39, 0.29) is 35.0 Å². The van der Waals surface area contributed by atoms with Crippen LogP contribution in [-0.4, -0.2) is 33.9 Å². The van der Waals surface area contributed by atoms with E-state index in [0.29, 0.717) is 17.1 Å². The molecular formula is C21H16N2O5. The Balaban J connectivity index is 1.70. The smallest absolute Gasteiger partial charge is 0.355 e. The van der Waals surface area contributed by atoms with Crippen LogP contribution in [0.3, 0.4) is 0 Å². The topological polar surface area (TPSA) is 98.6 Å². The van der Waals surface area contributed by atoms with Crippen LogP contribution >= 0.6 is 0 Å². The fraction of sp³-hybridized carbons (Fsp3) is 0.143. The first-order valence-electron chi connectivity index (χ1n) is 8.61. The van der Waals surface area contributed by atoms with Gasteiger partial charge in [0.25, 0.3) is 0 Å². The number of aromatic carboxylic acids is 1. The van der Waals surface area contributed by atoms with Crippen LogP contribution in [0.25, 0.3) is 11.4 Å². The molecule has 7 nitrogen and oxygen atoms in total. The quantitative estimate of drug-likeness (QED) is 0.721. The number of carboxylic acid groups (broad SMARTS) is 1. The molecule has 28 heavy (non-hydrogen) atoms. The lowest BCUT2D eigenvalue weighted by atomic mass is 10.1. The molecule has 0 spiro atoms. The highest BCUT2D eigenvalue weighted by Crippen LogP contribution is 2.36. The fourth-order valence-corrected chi connectivity index (χ4v) is 3.14. The molecule has 7 heteroatoms. The lowest BCUT2D eigenvalue weighted by Crippen LogP contribution is -2.12. The minimum absolute atomic E-state index is 0.0636. The average molecular weight is 376 g/mol. The van der Waals surface area contributed by atoms with Crippen LogP contribution in [0.5, 0.6) is 11.5 Å². The van der Waals surface area contributed by atoms with Gasteiger partial charge in [-0.3, -0.25) is 4.79 Å². The lowest BCUT2D eigenvalue weighted by Gasteiger charge is -2.12. The summed E-state index contributed by atoms with van der Waals surface area (Å²) in [4.78, 5) is 32.5. The van der Waals surface area contributed by atoms with Crippen LogP contribution in [0.4, 0.5) is 0 Å². The Morgan fingerprint density at radius 1 is 1.04 bits per heavy atom. The average Bonchev–Trinajstić information content (AvgIpc) is 3.04. The van der Waals surface area contributed by atoms with Crippen molar-refractivity contribution in [2.24, 2.45) is 0 Å². The highest BCUT2D eigenvalue weighted by atomic mass is 16.5. The molecule has 4 rings (SSSR count). The van der Waals surface area contributed by atoms with Gasteiger partial charge < -0.3 is 14.6 Å². The Kier molecular flexibility index (Phi) is 4.58. The van der Waals surface area contributed by atoms with Gasteiger partial charge in [-0.05, 0) is 36.4 Å². The first kappa shape index (κ1) is 17.8. The van der Waals surface area contributed by atoms with Crippen LogP contribution in [0, 0.1) is 0 Å². The van der Waals surface area contributed by atoms with Crippen molar-refractivity contribution in [3.63, 3.8) is 0 Å². The predicted octanol–water partition coefficient (Wildman–Crippen LogP) is 3.91. The summed E-state index contributed by atoms with van der Waals surface area (Å²) in [5, 5.41) is 9.55. The second-order valence-electron chi connectivity index (χ2n) is 6.25. The third-order valence-corrected chi connectivity index (χ3v) is 4.48. The number of hydrogen-bond acceptors (Lipinski definition) is 6. The molecule has 3 aromatic rings. The van der Waals surface area contributed by atoms with Gasteiger partial charge in [0.2, 0.25) is 0 Å². The van der Waals surface area contributed by atoms with Gasteiger partial charge in [-0.15, -0.1) is 0 Å². The molecule has 1 aromatic heterocycles. The first-order chi connectivity index (χ1) is 13.6. The molecule has 140 valence electrons. The number of benzene rings is 2. The number of fused-ring (bicyclic) bond motifs is 1. The largest absolute Gasteiger partial charge is 0.476 e. The fourth-order valence-electron chi connectivity index (χ4n) is 3.14. The number of ether oxygens (including phenoxy) is 2. The van der Waals surface area contributed by atoms with Crippen molar-refractivity contribution in [2.75, 3.05) is 7.11 Å². The van der Waals surface area contributed by atoms with Crippen molar-refractivity contribution in [2.45, 2.75) is 12.5 Å². The molecule has 0 saturated heterocycles. The SMILES string of the molecule is COC1CC(=O)c2nc(-c3ccc(Oc4ccccc4)cc3)nc(C(=O)O)c21. The maximum absolute atomic E-state index is 12.3.